The van der Waals surface area contributed by atoms with Crippen LogP contribution in [0.1, 0.15) is 53.7 Å². The van der Waals surface area contributed by atoms with Gasteiger partial charge < -0.3 is 19.7 Å². The van der Waals surface area contributed by atoms with Gasteiger partial charge in [0.1, 0.15) is 0 Å². The molecule has 1 amide bonds. The number of carbonyl (C=O) groups is 2. The van der Waals surface area contributed by atoms with Gasteiger partial charge in [-0.3, -0.25) is 14.5 Å². The summed E-state index contributed by atoms with van der Waals surface area (Å²) in [5.74, 6) is -0.106. The molecule has 1 fully saturated rings. The lowest BCUT2D eigenvalue weighted by molar-refractivity contribution is -0.146. The molecule has 0 saturated carbocycles. The first-order chi connectivity index (χ1) is 13.8. The van der Waals surface area contributed by atoms with Crippen LogP contribution in [0.15, 0.2) is 0 Å². The highest BCUT2D eigenvalue weighted by Crippen LogP contribution is 2.17. The van der Waals surface area contributed by atoms with Crippen LogP contribution >= 0.6 is 0 Å². The summed E-state index contributed by atoms with van der Waals surface area (Å²) in [7, 11) is 5.70. The third-order valence-electron chi connectivity index (χ3n) is 5.02. The standard InChI is InChI=1S/C21H41N3O4/c1-17-14-24(15-18(2)28-17)13-7-9-19(8-6-12-23(4)5)16-27-21(26)11-10-20(25)22-3/h17-19H,6-16H2,1-5H3,(H,22,25)/i1D. The summed E-state index contributed by atoms with van der Waals surface area (Å²) < 4.78 is 18.8. The smallest absolute Gasteiger partial charge is 0.306 e. The first kappa shape index (κ1) is 23.1. The van der Waals surface area contributed by atoms with Gasteiger partial charge in [0.15, 0.2) is 0 Å². The van der Waals surface area contributed by atoms with Crippen LogP contribution in [0.25, 0.3) is 0 Å². The fourth-order valence-electron chi connectivity index (χ4n) is 3.56. The van der Waals surface area contributed by atoms with Gasteiger partial charge in [-0.05, 0) is 72.6 Å². The third kappa shape index (κ3) is 11.6. The molecule has 1 N–H and O–H groups in total. The normalized spacial score (nSPS) is 22.0. The van der Waals surface area contributed by atoms with Crippen LogP contribution in [0, 0.1) is 5.92 Å². The summed E-state index contributed by atoms with van der Waals surface area (Å²) in [4.78, 5) is 27.8. The number of morpholine rings is 1. The first-order valence-corrected chi connectivity index (χ1v) is 10.5. The molecule has 28 heavy (non-hydrogen) atoms. The molecule has 0 aromatic carbocycles. The largest absolute Gasteiger partial charge is 0.465 e. The molecule has 1 aliphatic rings. The average Bonchev–Trinajstić information content (AvgIpc) is 2.68. The van der Waals surface area contributed by atoms with Crippen molar-refractivity contribution in [3.8, 4) is 0 Å². The molecule has 3 unspecified atom stereocenters. The average molecular weight is 401 g/mol. The van der Waals surface area contributed by atoms with E-state index in [4.69, 9.17) is 10.8 Å². The number of amides is 1. The van der Waals surface area contributed by atoms with E-state index in [1.165, 1.54) is 0 Å². The van der Waals surface area contributed by atoms with E-state index < -0.39 is 0 Å². The Morgan fingerprint density at radius 2 is 1.96 bits per heavy atom. The Balaban J connectivity index is 2.39. The Kier molecular flexibility index (Phi) is 11.5. The summed E-state index contributed by atoms with van der Waals surface area (Å²) in [6.07, 6.45) is 4.63. The molecule has 0 aromatic rings. The Morgan fingerprint density at radius 3 is 2.64 bits per heavy atom. The number of nitrogens with one attached hydrogen (secondary N) is 1. The lowest BCUT2D eigenvalue weighted by atomic mass is 9.98. The number of hydrogen-bond donors (Lipinski definition) is 1. The molecular formula is C21H41N3O4. The van der Waals surface area contributed by atoms with Gasteiger partial charge in [-0.2, -0.15) is 0 Å². The number of carbonyl (C=O) groups excluding carboxylic acids is 2. The van der Waals surface area contributed by atoms with Crippen molar-refractivity contribution in [3.63, 3.8) is 0 Å². The maximum atomic E-state index is 11.9. The van der Waals surface area contributed by atoms with E-state index >= 15 is 0 Å². The summed E-state index contributed by atoms with van der Waals surface area (Å²) in [6, 6.07) is 0. The molecule has 1 aliphatic heterocycles. The van der Waals surface area contributed by atoms with E-state index in [2.05, 4.69) is 36.1 Å². The molecule has 0 spiro atoms. The Bertz CT molecular complexity index is 479. The van der Waals surface area contributed by atoms with Crippen molar-refractivity contribution in [1.82, 2.24) is 15.1 Å². The van der Waals surface area contributed by atoms with Crippen LogP contribution in [0.4, 0.5) is 0 Å². The van der Waals surface area contributed by atoms with Crippen molar-refractivity contribution < 1.29 is 20.4 Å². The van der Waals surface area contributed by atoms with Crippen LogP contribution in [-0.4, -0.2) is 87.8 Å². The molecule has 0 aliphatic carbocycles. The van der Waals surface area contributed by atoms with Crippen molar-refractivity contribution in [2.24, 2.45) is 5.92 Å². The quantitative estimate of drug-likeness (QED) is 0.476. The second-order valence-corrected chi connectivity index (χ2v) is 8.14. The SMILES string of the molecule is [2H]CC1CN(CCCC(CCCN(C)C)COC(=O)CCC(=O)NC)CC(C)O1. The van der Waals surface area contributed by atoms with E-state index in [0.717, 1.165) is 51.9 Å². The number of ether oxygens (including phenoxy) is 2. The van der Waals surface area contributed by atoms with Crippen LogP contribution < -0.4 is 5.32 Å². The van der Waals surface area contributed by atoms with Gasteiger partial charge in [0, 0.05) is 27.9 Å². The highest BCUT2D eigenvalue weighted by atomic mass is 16.5. The lowest BCUT2D eigenvalue weighted by Crippen LogP contribution is -2.45. The second-order valence-electron chi connectivity index (χ2n) is 8.14. The second kappa shape index (κ2) is 13.9. The molecule has 7 heteroatoms. The van der Waals surface area contributed by atoms with Gasteiger partial charge in [0.05, 0.1) is 25.2 Å². The summed E-state index contributed by atoms with van der Waals surface area (Å²) in [6.45, 7) is 6.54. The number of rotatable bonds is 13. The van der Waals surface area contributed by atoms with Crippen molar-refractivity contribution >= 4 is 11.9 Å². The Morgan fingerprint density at radius 1 is 1.25 bits per heavy atom. The van der Waals surface area contributed by atoms with Crippen molar-refractivity contribution in [2.45, 2.75) is 64.6 Å². The van der Waals surface area contributed by atoms with Gasteiger partial charge in [-0.15, -0.1) is 0 Å². The topological polar surface area (TPSA) is 71.1 Å². The predicted molar refractivity (Wildman–Crippen MR) is 111 cm³/mol. The number of nitrogens with zero attached hydrogens (tertiary/aromatic N) is 2. The zero-order valence-electron chi connectivity index (χ0n) is 19.2. The molecule has 0 radical (unpaired) electrons. The molecule has 3 atom stereocenters. The summed E-state index contributed by atoms with van der Waals surface area (Å²) >= 11 is 0. The van der Waals surface area contributed by atoms with E-state index in [1.807, 2.05) is 0 Å². The fourth-order valence-corrected chi connectivity index (χ4v) is 3.56. The molecule has 1 saturated heterocycles. The minimum absolute atomic E-state index is 0.0101. The van der Waals surface area contributed by atoms with E-state index in [-0.39, 0.29) is 36.9 Å². The predicted octanol–water partition coefficient (Wildman–Crippen LogP) is 1.90. The molecule has 164 valence electrons. The monoisotopic (exact) mass is 400 g/mol. The summed E-state index contributed by atoms with van der Waals surface area (Å²) in [5, 5.41) is 2.52. The fraction of sp³-hybridized carbons (Fsp3) is 0.905. The summed E-state index contributed by atoms with van der Waals surface area (Å²) in [5.41, 5.74) is 0. The van der Waals surface area contributed by atoms with Crippen LogP contribution in [0.2, 0.25) is 0 Å². The maximum Gasteiger partial charge on any atom is 0.306 e. The molecule has 0 bridgehead atoms. The van der Waals surface area contributed by atoms with Gasteiger partial charge in [-0.1, -0.05) is 0 Å². The maximum absolute atomic E-state index is 11.9. The Hall–Kier alpha value is -1.18. The number of esters is 1. The molecule has 0 aromatic heterocycles. The highest BCUT2D eigenvalue weighted by molar-refractivity contribution is 5.80. The van der Waals surface area contributed by atoms with E-state index in [1.54, 1.807) is 7.05 Å². The number of hydrogen-bond acceptors (Lipinski definition) is 6. The van der Waals surface area contributed by atoms with Gasteiger partial charge in [-0.25, -0.2) is 0 Å². The minimum atomic E-state index is -0.300. The van der Waals surface area contributed by atoms with Crippen molar-refractivity contribution in [2.75, 3.05) is 53.9 Å². The van der Waals surface area contributed by atoms with Crippen LogP contribution in [0.5, 0.6) is 0 Å². The van der Waals surface area contributed by atoms with Crippen molar-refractivity contribution in [3.05, 3.63) is 0 Å². The molecule has 1 heterocycles. The lowest BCUT2D eigenvalue weighted by Gasteiger charge is -2.35. The van der Waals surface area contributed by atoms with Gasteiger partial charge in [0.2, 0.25) is 5.91 Å². The minimum Gasteiger partial charge on any atom is -0.465 e. The molecule has 7 nitrogen and oxygen atoms in total. The zero-order chi connectivity index (χ0) is 21.6. The Labute approximate surface area is 172 Å². The van der Waals surface area contributed by atoms with Gasteiger partial charge >= 0.3 is 5.97 Å². The van der Waals surface area contributed by atoms with Crippen molar-refractivity contribution in [1.29, 1.82) is 0 Å². The molecule has 1 rings (SSSR count). The first-order valence-electron chi connectivity index (χ1n) is 11.2. The van der Waals surface area contributed by atoms with Crippen LogP contribution in [-0.2, 0) is 19.1 Å². The highest BCUT2D eigenvalue weighted by Gasteiger charge is 2.22. The molecular weight excluding hydrogens is 358 g/mol. The van der Waals surface area contributed by atoms with Gasteiger partial charge in [0.25, 0.3) is 0 Å². The van der Waals surface area contributed by atoms with E-state index in [0.29, 0.717) is 19.4 Å². The third-order valence-corrected chi connectivity index (χ3v) is 5.02. The van der Waals surface area contributed by atoms with Crippen LogP contribution in [0.3, 0.4) is 0 Å². The zero-order valence-corrected chi connectivity index (χ0v) is 18.2. The van der Waals surface area contributed by atoms with E-state index in [9.17, 15) is 9.59 Å².